The number of benzene rings is 1. The number of hydrogen-bond acceptors (Lipinski definition) is 3. The number of H-pyrrole nitrogens is 1. The van der Waals surface area contributed by atoms with Gasteiger partial charge in [-0.1, -0.05) is 0 Å². The van der Waals surface area contributed by atoms with Crippen LogP contribution in [0.5, 0.6) is 0 Å². The molecule has 20 heavy (non-hydrogen) atoms. The molecule has 0 unspecified atom stereocenters. The molecular weight excluding hydrogens is 297 g/mol. The minimum atomic E-state index is -4.34. The van der Waals surface area contributed by atoms with E-state index in [2.05, 4.69) is 4.98 Å². The Morgan fingerprint density at radius 1 is 1.40 bits per heavy atom. The number of aryl methyl sites for hydroxylation is 1. The summed E-state index contributed by atoms with van der Waals surface area (Å²) in [5, 5.41) is 8.82. The van der Waals surface area contributed by atoms with Crippen LogP contribution in [0, 0.1) is 0 Å². The molecule has 1 aromatic heterocycles. The van der Waals surface area contributed by atoms with Crippen molar-refractivity contribution in [2.45, 2.75) is 12.1 Å². The Hall–Kier alpha value is -1.90. The predicted molar refractivity (Wildman–Crippen MR) is 68.0 cm³/mol. The Kier molecular flexibility index (Phi) is 3.80. The first-order valence-corrected chi connectivity index (χ1v) is 6.43. The van der Waals surface area contributed by atoms with E-state index in [1.54, 1.807) is 0 Å². The molecule has 2 aromatic rings. The monoisotopic (exact) mass is 306 g/mol. The van der Waals surface area contributed by atoms with E-state index in [1.807, 2.05) is 0 Å². The van der Waals surface area contributed by atoms with Crippen LogP contribution < -0.4 is 5.69 Å². The first-order chi connectivity index (χ1) is 9.28. The fraction of sp³-hybridized carbons (Fsp3) is 0.273. The molecule has 0 aliphatic heterocycles. The average Bonchev–Trinajstić information content (AvgIpc) is 2.63. The number of aromatic carboxylic acids is 1. The van der Waals surface area contributed by atoms with Crippen molar-refractivity contribution < 1.29 is 23.1 Å². The highest BCUT2D eigenvalue weighted by molar-refractivity contribution is 8.00. The highest BCUT2D eigenvalue weighted by atomic mass is 32.2. The summed E-state index contributed by atoms with van der Waals surface area (Å²) in [5.74, 6) is -1.44. The van der Waals surface area contributed by atoms with E-state index in [0.717, 1.165) is 4.57 Å². The van der Waals surface area contributed by atoms with Crippen molar-refractivity contribution in [3.8, 4) is 0 Å². The zero-order chi connectivity index (χ0) is 14.9. The molecule has 0 aliphatic rings. The third-order valence-electron chi connectivity index (χ3n) is 2.60. The lowest BCUT2D eigenvalue weighted by atomic mass is 10.2. The van der Waals surface area contributed by atoms with Gasteiger partial charge >= 0.3 is 17.2 Å². The summed E-state index contributed by atoms with van der Waals surface area (Å²) in [6.45, 7) is -0.116. The van der Waals surface area contributed by atoms with Gasteiger partial charge in [-0.25, -0.2) is 9.59 Å². The van der Waals surface area contributed by atoms with Crippen LogP contribution in [0.1, 0.15) is 10.4 Å². The second-order valence-electron chi connectivity index (χ2n) is 3.91. The number of carbonyl (C=O) groups is 1. The van der Waals surface area contributed by atoms with Crippen LogP contribution in [-0.2, 0) is 6.54 Å². The fourth-order valence-electron chi connectivity index (χ4n) is 1.77. The summed E-state index contributed by atoms with van der Waals surface area (Å²) >= 11 is -0.211. The quantitative estimate of drug-likeness (QED) is 0.908. The Bertz CT molecular complexity index is 705. The summed E-state index contributed by atoms with van der Waals surface area (Å²) in [7, 11) is 0. The summed E-state index contributed by atoms with van der Waals surface area (Å²) in [5.41, 5.74) is -4.25. The van der Waals surface area contributed by atoms with E-state index in [9.17, 15) is 22.8 Å². The van der Waals surface area contributed by atoms with Gasteiger partial charge in [-0.05, 0) is 30.0 Å². The molecule has 1 heterocycles. The molecule has 0 amide bonds. The molecule has 0 atom stereocenters. The highest BCUT2D eigenvalue weighted by Gasteiger charge is 2.27. The molecule has 108 valence electrons. The molecule has 2 rings (SSSR count). The van der Waals surface area contributed by atoms with E-state index < -0.39 is 17.2 Å². The number of thioether (sulfide) groups is 1. The minimum Gasteiger partial charge on any atom is -0.478 e. The number of hydrogen-bond donors (Lipinski definition) is 2. The Morgan fingerprint density at radius 3 is 2.70 bits per heavy atom. The van der Waals surface area contributed by atoms with Gasteiger partial charge in [0.2, 0.25) is 0 Å². The maximum absolute atomic E-state index is 12.0. The van der Waals surface area contributed by atoms with E-state index in [4.69, 9.17) is 5.11 Å². The highest BCUT2D eigenvalue weighted by Crippen LogP contribution is 2.30. The number of nitrogens with zero attached hydrogens (tertiary/aromatic N) is 1. The van der Waals surface area contributed by atoms with E-state index in [1.165, 1.54) is 18.2 Å². The van der Waals surface area contributed by atoms with Crippen LogP contribution in [0.4, 0.5) is 13.2 Å². The molecular formula is C11H9F3N2O3S. The largest absolute Gasteiger partial charge is 0.478 e. The van der Waals surface area contributed by atoms with Gasteiger partial charge in [0.15, 0.2) is 0 Å². The molecule has 0 bridgehead atoms. The first-order valence-electron chi connectivity index (χ1n) is 5.44. The topological polar surface area (TPSA) is 75.1 Å². The predicted octanol–water partition coefficient (Wildman–Crippen LogP) is 2.28. The van der Waals surface area contributed by atoms with Gasteiger partial charge in [0.1, 0.15) is 0 Å². The Balaban J connectivity index is 2.28. The zero-order valence-corrected chi connectivity index (χ0v) is 10.7. The van der Waals surface area contributed by atoms with E-state index in [0.29, 0.717) is 5.52 Å². The number of alkyl halides is 3. The van der Waals surface area contributed by atoms with Crippen molar-refractivity contribution in [2.75, 3.05) is 5.75 Å². The SMILES string of the molecule is O=C(O)c1ccc2c(c1)[nH]c(=O)n2CCSC(F)(F)F. The maximum atomic E-state index is 12.0. The van der Waals surface area contributed by atoms with Crippen LogP contribution in [0.25, 0.3) is 11.0 Å². The van der Waals surface area contributed by atoms with Crippen LogP contribution in [0.2, 0.25) is 0 Å². The smallest absolute Gasteiger partial charge is 0.441 e. The van der Waals surface area contributed by atoms with Crippen molar-refractivity contribution >= 4 is 28.8 Å². The van der Waals surface area contributed by atoms with Crippen LogP contribution in [-0.4, -0.2) is 31.9 Å². The molecule has 1 aromatic carbocycles. The number of nitrogens with one attached hydrogen (secondary N) is 1. The van der Waals surface area contributed by atoms with Crippen LogP contribution in [0.15, 0.2) is 23.0 Å². The van der Waals surface area contributed by atoms with Gasteiger partial charge in [-0.2, -0.15) is 13.2 Å². The molecule has 0 saturated carbocycles. The number of rotatable bonds is 4. The van der Waals surface area contributed by atoms with Gasteiger partial charge in [-0.15, -0.1) is 0 Å². The molecule has 0 radical (unpaired) electrons. The maximum Gasteiger partial charge on any atom is 0.441 e. The van der Waals surface area contributed by atoms with Crippen molar-refractivity contribution in [3.05, 3.63) is 34.2 Å². The number of aromatic nitrogens is 2. The van der Waals surface area contributed by atoms with Crippen LogP contribution >= 0.6 is 11.8 Å². The lowest BCUT2D eigenvalue weighted by Crippen LogP contribution is -2.18. The normalized spacial score (nSPS) is 11.9. The first kappa shape index (κ1) is 14.5. The van der Waals surface area contributed by atoms with Crippen molar-refractivity contribution in [1.29, 1.82) is 0 Å². The molecule has 0 aliphatic carbocycles. The summed E-state index contributed by atoms with van der Waals surface area (Å²) < 4.78 is 37.3. The molecule has 9 heteroatoms. The number of carboxylic acids is 1. The van der Waals surface area contributed by atoms with E-state index >= 15 is 0 Å². The molecule has 0 saturated heterocycles. The number of aromatic amines is 1. The molecule has 2 N–H and O–H groups in total. The summed E-state index contributed by atoms with van der Waals surface area (Å²) in [4.78, 5) is 24.9. The van der Waals surface area contributed by atoms with Crippen molar-refractivity contribution in [3.63, 3.8) is 0 Å². The Labute approximate surface area is 114 Å². The second-order valence-corrected chi connectivity index (χ2v) is 5.07. The number of halogens is 3. The van der Waals surface area contributed by atoms with Gasteiger partial charge in [0.25, 0.3) is 0 Å². The zero-order valence-electron chi connectivity index (χ0n) is 9.90. The van der Waals surface area contributed by atoms with Gasteiger partial charge in [-0.3, -0.25) is 4.57 Å². The molecule has 0 spiro atoms. The summed E-state index contributed by atoms with van der Waals surface area (Å²) in [6.07, 6.45) is 0. The van der Waals surface area contributed by atoms with Gasteiger partial charge in [0, 0.05) is 12.3 Å². The Morgan fingerprint density at radius 2 is 2.10 bits per heavy atom. The third kappa shape index (κ3) is 3.16. The molecule has 0 fully saturated rings. The summed E-state index contributed by atoms with van der Waals surface area (Å²) in [6, 6.07) is 3.97. The van der Waals surface area contributed by atoms with E-state index in [-0.39, 0.29) is 35.1 Å². The van der Waals surface area contributed by atoms with Crippen LogP contribution in [0.3, 0.4) is 0 Å². The number of carboxylic acid groups (broad SMARTS) is 1. The second kappa shape index (κ2) is 5.23. The standard InChI is InChI=1S/C11H9F3N2O3S/c12-11(13,14)20-4-3-16-8-2-1-6(9(17)18)5-7(8)15-10(16)19/h1-2,5H,3-4H2,(H,15,19)(H,17,18). The third-order valence-corrected chi connectivity index (χ3v) is 3.32. The van der Waals surface area contributed by atoms with Crippen molar-refractivity contribution in [1.82, 2.24) is 9.55 Å². The average molecular weight is 306 g/mol. The van der Waals surface area contributed by atoms with Gasteiger partial charge < -0.3 is 10.1 Å². The lowest BCUT2D eigenvalue weighted by Gasteiger charge is -2.06. The fourth-order valence-corrected chi connectivity index (χ4v) is 2.28. The molecule has 5 nitrogen and oxygen atoms in total. The minimum absolute atomic E-state index is 0.00411. The van der Waals surface area contributed by atoms with Crippen molar-refractivity contribution in [2.24, 2.45) is 0 Å². The van der Waals surface area contributed by atoms with Gasteiger partial charge in [0.05, 0.1) is 16.6 Å². The number of imidazole rings is 1. The lowest BCUT2D eigenvalue weighted by molar-refractivity contribution is -0.0328. The number of fused-ring (bicyclic) bond motifs is 1.